The highest BCUT2D eigenvalue weighted by Gasteiger charge is 2.28. The first-order valence-corrected chi connectivity index (χ1v) is 10.4. The Labute approximate surface area is 160 Å². The normalized spacial score (nSPS) is 15.2. The van der Waals surface area contributed by atoms with Gasteiger partial charge in [0.05, 0.1) is 10.5 Å². The number of nitrogens with zero attached hydrogens (tertiary/aromatic N) is 1. The fourth-order valence-corrected chi connectivity index (χ4v) is 4.84. The number of hydrogen-bond donors (Lipinski definition) is 1. The van der Waals surface area contributed by atoms with Crippen molar-refractivity contribution >= 4 is 37.5 Å². The van der Waals surface area contributed by atoms with Gasteiger partial charge < -0.3 is 5.32 Å². The van der Waals surface area contributed by atoms with Crippen molar-refractivity contribution in [3.8, 4) is 0 Å². The number of halogens is 2. The molecule has 0 radical (unpaired) electrons. The van der Waals surface area contributed by atoms with Gasteiger partial charge in [-0.25, -0.2) is 12.8 Å². The molecule has 138 valence electrons. The second-order valence-electron chi connectivity index (χ2n) is 6.17. The maximum atomic E-state index is 13.2. The minimum absolute atomic E-state index is 0.0866. The van der Waals surface area contributed by atoms with Crippen LogP contribution in [0.3, 0.4) is 0 Å². The molecule has 1 fully saturated rings. The molecule has 0 atom stereocenters. The summed E-state index contributed by atoms with van der Waals surface area (Å²) in [6.45, 7) is 2.67. The predicted octanol–water partition coefficient (Wildman–Crippen LogP) is 3.93. The van der Waals surface area contributed by atoms with Gasteiger partial charge in [0.25, 0.3) is 5.91 Å². The van der Waals surface area contributed by atoms with Crippen molar-refractivity contribution in [2.45, 2.75) is 24.7 Å². The van der Waals surface area contributed by atoms with Gasteiger partial charge in [0, 0.05) is 23.2 Å². The van der Waals surface area contributed by atoms with Crippen LogP contribution in [-0.2, 0) is 10.0 Å². The second-order valence-corrected chi connectivity index (χ2v) is 8.96. The maximum Gasteiger partial charge on any atom is 0.256 e. The van der Waals surface area contributed by atoms with E-state index in [9.17, 15) is 17.6 Å². The van der Waals surface area contributed by atoms with E-state index in [4.69, 9.17) is 0 Å². The van der Waals surface area contributed by atoms with Crippen molar-refractivity contribution in [2.75, 3.05) is 18.4 Å². The lowest BCUT2D eigenvalue weighted by Crippen LogP contribution is -2.28. The number of amides is 1. The molecule has 0 spiro atoms. The van der Waals surface area contributed by atoms with Gasteiger partial charge in [-0.2, -0.15) is 4.31 Å². The Morgan fingerprint density at radius 2 is 1.85 bits per heavy atom. The van der Waals surface area contributed by atoms with Crippen LogP contribution in [0.4, 0.5) is 10.1 Å². The lowest BCUT2D eigenvalue weighted by atomic mass is 10.1. The van der Waals surface area contributed by atoms with Gasteiger partial charge >= 0.3 is 0 Å². The van der Waals surface area contributed by atoms with Gasteiger partial charge in [-0.05, 0) is 77.7 Å². The van der Waals surface area contributed by atoms with E-state index in [1.807, 2.05) is 0 Å². The number of nitrogens with one attached hydrogen (secondary N) is 1. The number of benzene rings is 2. The van der Waals surface area contributed by atoms with Gasteiger partial charge in [-0.3, -0.25) is 4.79 Å². The van der Waals surface area contributed by atoms with Crippen LogP contribution in [0.2, 0.25) is 0 Å². The molecule has 1 aliphatic rings. The molecule has 1 aliphatic heterocycles. The standard InChI is InChI=1S/C18H18BrFN2O3S/c1-12-10-13(20)4-7-17(12)21-18(23)15-11-14(5-6-16(15)19)26(24,25)22-8-2-3-9-22/h4-7,10-11H,2-3,8-9H2,1H3,(H,21,23). The quantitative estimate of drug-likeness (QED) is 0.782. The highest BCUT2D eigenvalue weighted by Crippen LogP contribution is 2.26. The summed E-state index contributed by atoms with van der Waals surface area (Å²) >= 11 is 3.30. The van der Waals surface area contributed by atoms with E-state index in [-0.39, 0.29) is 16.3 Å². The van der Waals surface area contributed by atoms with Gasteiger partial charge in [0.15, 0.2) is 0 Å². The Morgan fingerprint density at radius 3 is 2.50 bits per heavy atom. The average Bonchev–Trinajstić information content (AvgIpc) is 3.13. The van der Waals surface area contributed by atoms with Crippen molar-refractivity contribution in [2.24, 2.45) is 0 Å². The summed E-state index contributed by atoms with van der Waals surface area (Å²) in [6, 6.07) is 8.45. The van der Waals surface area contributed by atoms with Gasteiger partial charge in [-0.15, -0.1) is 0 Å². The summed E-state index contributed by atoms with van der Waals surface area (Å²) in [4.78, 5) is 12.7. The minimum Gasteiger partial charge on any atom is -0.322 e. The summed E-state index contributed by atoms with van der Waals surface area (Å²) in [5, 5.41) is 2.70. The average molecular weight is 441 g/mol. The maximum absolute atomic E-state index is 13.2. The molecule has 1 N–H and O–H groups in total. The van der Waals surface area contributed by atoms with E-state index in [2.05, 4.69) is 21.2 Å². The summed E-state index contributed by atoms with van der Waals surface area (Å²) in [5.74, 6) is -0.856. The van der Waals surface area contributed by atoms with Crippen LogP contribution < -0.4 is 5.32 Å². The molecular weight excluding hydrogens is 423 g/mol. The molecule has 0 saturated carbocycles. The topological polar surface area (TPSA) is 66.5 Å². The Hall–Kier alpha value is -1.77. The number of sulfonamides is 1. The molecule has 1 amide bonds. The van der Waals surface area contributed by atoms with E-state index >= 15 is 0 Å². The number of carbonyl (C=O) groups excluding carboxylic acids is 1. The lowest BCUT2D eigenvalue weighted by molar-refractivity contribution is 0.102. The number of carbonyl (C=O) groups is 1. The summed E-state index contributed by atoms with van der Waals surface area (Å²) in [5.41, 5.74) is 1.25. The molecule has 26 heavy (non-hydrogen) atoms. The van der Waals surface area contributed by atoms with E-state index in [0.29, 0.717) is 28.8 Å². The zero-order valence-electron chi connectivity index (χ0n) is 14.1. The predicted molar refractivity (Wildman–Crippen MR) is 101 cm³/mol. The molecular formula is C18H18BrFN2O3S. The van der Waals surface area contributed by atoms with Crippen molar-refractivity contribution < 1.29 is 17.6 Å². The highest BCUT2D eigenvalue weighted by molar-refractivity contribution is 9.10. The zero-order chi connectivity index (χ0) is 18.9. The van der Waals surface area contributed by atoms with Gasteiger partial charge in [0.2, 0.25) is 10.0 Å². The summed E-state index contributed by atoms with van der Waals surface area (Å²) in [6.07, 6.45) is 1.68. The third-order valence-corrected chi connectivity index (χ3v) is 6.91. The Morgan fingerprint density at radius 1 is 1.15 bits per heavy atom. The van der Waals surface area contributed by atoms with Crippen LogP contribution >= 0.6 is 15.9 Å². The van der Waals surface area contributed by atoms with Gasteiger partial charge in [-0.1, -0.05) is 0 Å². The molecule has 5 nitrogen and oxygen atoms in total. The molecule has 8 heteroatoms. The molecule has 2 aromatic carbocycles. The Kier molecular flexibility index (Phi) is 5.45. The third kappa shape index (κ3) is 3.82. The second kappa shape index (κ2) is 7.46. The molecule has 2 aromatic rings. The molecule has 0 aliphatic carbocycles. The van der Waals surface area contributed by atoms with Crippen LogP contribution in [0.15, 0.2) is 45.8 Å². The van der Waals surface area contributed by atoms with Crippen LogP contribution in [0, 0.1) is 12.7 Å². The first-order chi connectivity index (χ1) is 12.3. The van der Waals surface area contributed by atoms with E-state index in [1.165, 1.54) is 34.6 Å². The van der Waals surface area contributed by atoms with Crippen LogP contribution in [0.1, 0.15) is 28.8 Å². The number of hydrogen-bond acceptors (Lipinski definition) is 3. The molecule has 0 bridgehead atoms. The van der Waals surface area contributed by atoms with Crippen molar-refractivity contribution in [3.05, 3.63) is 57.8 Å². The molecule has 1 saturated heterocycles. The number of aryl methyl sites for hydroxylation is 1. The van der Waals surface area contributed by atoms with Crippen LogP contribution in [0.25, 0.3) is 0 Å². The van der Waals surface area contributed by atoms with E-state index in [0.717, 1.165) is 12.8 Å². The monoisotopic (exact) mass is 440 g/mol. The van der Waals surface area contributed by atoms with Crippen molar-refractivity contribution in [1.29, 1.82) is 0 Å². The molecule has 0 aromatic heterocycles. The van der Waals surface area contributed by atoms with Crippen LogP contribution in [0.5, 0.6) is 0 Å². The Balaban J connectivity index is 1.91. The molecule has 3 rings (SSSR count). The summed E-state index contributed by atoms with van der Waals surface area (Å²) < 4.78 is 40.5. The van der Waals surface area contributed by atoms with Gasteiger partial charge in [0.1, 0.15) is 5.82 Å². The van der Waals surface area contributed by atoms with E-state index < -0.39 is 15.9 Å². The number of anilines is 1. The van der Waals surface area contributed by atoms with Crippen LogP contribution in [-0.4, -0.2) is 31.7 Å². The fourth-order valence-electron chi connectivity index (χ4n) is 2.87. The SMILES string of the molecule is Cc1cc(F)ccc1NC(=O)c1cc(S(=O)(=O)N2CCCC2)ccc1Br. The first kappa shape index (κ1) is 19.0. The third-order valence-electron chi connectivity index (χ3n) is 4.32. The smallest absolute Gasteiger partial charge is 0.256 e. The highest BCUT2D eigenvalue weighted by atomic mass is 79.9. The van der Waals surface area contributed by atoms with Crippen molar-refractivity contribution in [3.63, 3.8) is 0 Å². The van der Waals surface area contributed by atoms with Crippen molar-refractivity contribution in [1.82, 2.24) is 4.31 Å². The zero-order valence-corrected chi connectivity index (χ0v) is 16.5. The summed E-state index contributed by atoms with van der Waals surface area (Å²) in [7, 11) is -3.62. The molecule has 1 heterocycles. The first-order valence-electron chi connectivity index (χ1n) is 8.16. The number of rotatable bonds is 4. The largest absolute Gasteiger partial charge is 0.322 e. The van der Waals surface area contributed by atoms with E-state index in [1.54, 1.807) is 13.0 Å². The Bertz CT molecular complexity index is 957. The minimum atomic E-state index is -3.62. The molecule has 0 unspecified atom stereocenters. The lowest BCUT2D eigenvalue weighted by Gasteiger charge is -2.16. The fraction of sp³-hybridized carbons (Fsp3) is 0.278.